The monoisotopic (exact) mass is 417 g/mol. The van der Waals surface area contributed by atoms with Crippen molar-refractivity contribution in [1.29, 1.82) is 0 Å². The number of benzene rings is 2. The average Bonchev–Trinajstić information content (AvgIpc) is 2.95. The van der Waals surface area contributed by atoms with Gasteiger partial charge in [0.05, 0.1) is 0 Å². The van der Waals surface area contributed by atoms with Crippen molar-refractivity contribution in [3.05, 3.63) is 64.9 Å². The molecule has 1 aliphatic rings. The van der Waals surface area contributed by atoms with Crippen molar-refractivity contribution in [2.45, 2.75) is 4.90 Å². The second-order valence-corrected chi connectivity index (χ2v) is 8.73. The maximum Gasteiger partial charge on any atom is 0.276 e. The van der Waals surface area contributed by atoms with Gasteiger partial charge in [0.2, 0.25) is 0 Å². The fourth-order valence-corrected chi connectivity index (χ4v) is 5.21. The third kappa shape index (κ3) is 2.56. The third-order valence-corrected chi connectivity index (χ3v) is 6.81. The highest BCUT2D eigenvalue weighted by Crippen LogP contribution is 2.40. The number of hydrogen-bond donors (Lipinski definition) is 2. The molecule has 4 rings (SSSR count). The first-order chi connectivity index (χ1) is 13.2. The number of hydrogen-bond acceptors (Lipinski definition) is 4. The van der Waals surface area contributed by atoms with Crippen molar-refractivity contribution in [2.24, 2.45) is 7.05 Å². The SMILES string of the molecule is CN1C(C(=O)Nc2cccc(Cl)c2)=C(O)c2c(c3ccccc3n2C)S1(=O)=O. The van der Waals surface area contributed by atoms with Crippen LogP contribution >= 0.6 is 11.6 Å². The Morgan fingerprint density at radius 3 is 2.54 bits per heavy atom. The predicted octanol–water partition coefficient (Wildman–Crippen LogP) is 3.33. The van der Waals surface area contributed by atoms with E-state index in [2.05, 4.69) is 5.32 Å². The molecule has 2 aromatic carbocycles. The molecule has 28 heavy (non-hydrogen) atoms. The van der Waals surface area contributed by atoms with Gasteiger partial charge in [-0.1, -0.05) is 35.9 Å². The number of likely N-dealkylation sites (N-methyl/N-ethyl adjacent to an activating group) is 1. The second-order valence-electron chi connectivity index (χ2n) is 6.39. The van der Waals surface area contributed by atoms with Crippen LogP contribution in [-0.4, -0.2) is 35.4 Å². The summed E-state index contributed by atoms with van der Waals surface area (Å²) in [6.07, 6.45) is 0. The topological polar surface area (TPSA) is 91.6 Å². The van der Waals surface area contributed by atoms with Crippen LogP contribution in [0.25, 0.3) is 16.7 Å². The van der Waals surface area contributed by atoms with E-state index in [1.54, 1.807) is 54.1 Å². The van der Waals surface area contributed by atoms with E-state index in [1.807, 2.05) is 0 Å². The van der Waals surface area contributed by atoms with Crippen LogP contribution in [0.2, 0.25) is 5.02 Å². The molecule has 2 N–H and O–H groups in total. The summed E-state index contributed by atoms with van der Waals surface area (Å²) in [6, 6.07) is 13.4. The zero-order valence-corrected chi connectivity index (χ0v) is 16.5. The van der Waals surface area contributed by atoms with Crippen LogP contribution in [0.5, 0.6) is 0 Å². The minimum atomic E-state index is -4.05. The van der Waals surface area contributed by atoms with Crippen LogP contribution in [0.3, 0.4) is 0 Å². The van der Waals surface area contributed by atoms with Crippen molar-refractivity contribution in [1.82, 2.24) is 8.87 Å². The van der Waals surface area contributed by atoms with E-state index in [4.69, 9.17) is 11.6 Å². The Labute approximate surface area is 166 Å². The summed E-state index contributed by atoms with van der Waals surface area (Å²) in [4.78, 5) is 12.8. The number of anilines is 1. The molecule has 1 amide bonds. The van der Waals surface area contributed by atoms with E-state index in [0.717, 1.165) is 4.31 Å². The lowest BCUT2D eigenvalue weighted by Gasteiger charge is -2.27. The smallest absolute Gasteiger partial charge is 0.276 e. The molecule has 0 radical (unpaired) electrons. The molecule has 0 atom stereocenters. The van der Waals surface area contributed by atoms with Gasteiger partial charge in [0, 0.05) is 35.7 Å². The van der Waals surface area contributed by atoms with E-state index in [0.29, 0.717) is 21.6 Å². The number of halogens is 1. The van der Waals surface area contributed by atoms with E-state index in [-0.39, 0.29) is 16.3 Å². The summed E-state index contributed by atoms with van der Waals surface area (Å²) in [5, 5.41) is 14.3. The molecule has 144 valence electrons. The molecule has 0 saturated heterocycles. The van der Waals surface area contributed by atoms with Crippen LogP contribution in [0.15, 0.2) is 59.1 Å². The Morgan fingerprint density at radius 1 is 1.11 bits per heavy atom. The summed E-state index contributed by atoms with van der Waals surface area (Å²) in [6.45, 7) is 0. The number of rotatable bonds is 2. The predicted molar refractivity (Wildman–Crippen MR) is 107 cm³/mol. The number of amides is 1. The van der Waals surface area contributed by atoms with Gasteiger partial charge in [-0.15, -0.1) is 0 Å². The molecular weight excluding hydrogens is 402 g/mol. The van der Waals surface area contributed by atoms with Gasteiger partial charge in [0.1, 0.15) is 10.6 Å². The first-order valence-electron chi connectivity index (χ1n) is 8.30. The number of nitrogens with zero attached hydrogens (tertiary/aromatic N) is 2. The summed E-state index contributed by atoms with van der Waals surface area (Å²) in [5.74, 6) is -1.17. The number of fused-ring (bicyclic) bond motifs is 3. The van der Waals surface area contributed by atoms with Crippen molar-refractivity contribution in [3.63, 3.8) is 0 Å². The number of sulfonamides is 1. The first kappa shape index (κ1) is 18.4. The number of carbonyl (C=O) groups excluding carboxylic acids is 1. The summed E-state index contributed by atoms with van der Waals surface area (Å²) < 4.78 is 28.7. The maximum atomic E-state index is 13.2. The van der Waals surface area contributed by atoms with Crippen LogP contribution < -0.4 is 5.32 Å². The standard InChI is InChI=1S/C19H16ClN3O4S/c1-22-14-9-4-3-8-13(14)18-15(22)17(24)16(23(2)28(18,26)27)19(25)21-12-7-5-6-11(20)10-12/h3-10,24H,1-2H3,(H,21,25). The maximum absolute atomic E-state index is 13.2. The number of aryl methyl sites for hydroxylation is 1. The molecule has 0 saturated carbocycles. The van der Waals surface area contributed by atoms with Crippen molar-refractivity contribution in [3.8, 4) is 0 Å². The Hall–Kier alpha value is -2.97. The highest BCUT2D eigenvalue weighted by molar-refractivity contribution is 7.89. The fourth-order valence-electron chi connectivity index (χ4n) is 3.41. The molecule has 9 heteroatoms. The Bertz CT molecular complexity index is 1280. The Balaban J connectivity index is 1.92. The molecule has 2 heterocycles. The summed E-state index contributed by atoms with van der Waals surface area (Å²) in [5.41, 5.74) is 0.730. The van der Waals surface area contributed by atoms with Crippen LogP contribution in [0, 0.1) is 0 Å². The molecule has 1 aromatic heterocycles. The lowest BCUT2D eigenvalue weighted by Crippen LogP contribution is -2.37. The number of aliphatic hydroxyl groups is 1. The number of nitrogens with one attached hydrogen (secondary N) is 1. The summed E-state index contributed by atoms with van der Waals surface area (Å²) >= 11 is 5.93. The van der Waals surface area contributed by atoms with Crippen LogP contribution in [0.4, 0.5) is 5.69 Å². The molecule has 0 bridgehead atoms. The quantitative estimate of drug-likeness (QED) is 0.669. The van der Waals surface area contributed by atoms with E-state index in [9.17, 15) is 18.3 Å². The number of carbonyl (C=O) groups is 1. The van der Waals surface area contributed by atoms with Crippen molar-refractivity contribution < 1.29 is 18.3 Å². The van der Waals surface area contributed by atoms with Gasteiger partial charge in [-0.25, -0.2) is 8.42 Å². The van der Waals surface area contributed by atoms with E-state index < -0.39 is 21.7 Å². The molecule has 0 fully saturated rings. The molecule has 7 nitrogen and oxygen atoms in total. The molecule has 3 aromatic rings. The highest BCUT2D eigenvalue weighted by atomic mass is 35.5. The minimum Gasteiger partial charge on any atom is -0.504 e. The molecule has 0 aliphatic carbocycles. The zero-order chi connectivity index (χ0) is 20.2. The molecule has 0 spiro atoms. The Kier molecular flexibility index (Phi) is 4.13. The van der Waals surface area contributed by atoms with Gasteiger partial charge in [-0.3, -0.25) is 9.10 Å². The molecular formula is C19H16ClN3O4S. The largest absolute Gasteiger partial charge is 0.504 e. The van der Waals surface area contributed by atoms with Crippen LogP contribution in [-0.2, 0) is 21.9 Å². The summed E-state index contributed by atoms with van der Waals surface area (Å²) in [7, 11) is -1.16. The van der Waals surface area contributed by atoms with Crippen LogP contribution in [0.1, 0.15) is 5.69 Å². The third-order valence-electron chi connectivity index (χ3n) is 4.74. The molecule has 0 unspecified atom stereocenters. The normalized spacial score (nSPS) is 15.6. The van der Waals surface area contributed by atoms with Gasteiger partial charge in [0.15, 0.2) is 11.5 Å². The van der Waals surface area contributed by atoms with E-state index >= 15 is 0 Å². The lowest BCUT2D eigenvalue weighted by atomic mass is 10.2. The second kappa shape index (κ2) is 6.29. The van der Waals surface area contributed by atoms with Gasteiger partial charge in [-0.2, -0.15) is 0 Å². The number of aromatic nitrogens is 1. The zero-order valence-electron chi connectivity index (χ0n) is 15.0. The average molecular weight is 418 g/mol. The molecule has 1 aliphatic heterocycles. The fraction of sp³-hybridized carbons (Fsp3) is 0.105. The lowest BCUT2D eigenvalue weighted by molar-refractivity contribution is -0.113. The van der Waals surface area contributed by atoms with Gasteiger partial charge in [-0.05, 0) is 24.3 Å². The number of aliphatic hydroxyl groups excluding tert-OH is 1. The van der Waals surface area contributed by atoms with Crippen molar-refractivity contribution >= 4 is 49.9 Å². The number of para-hydroxylation sites is 1. The minimum absolute atomic E-state index is 0.0232. The van der Waals surface area contributed by atoms with E-state index in [1.165, 1.54) is 13.1 Å². The van der Waals surface area contributed by atoms with Gasteiger partial charge < -0.3 is 15.0 Å². The van der Waals surface area contributed by atoms with Gasteiger partial charge in [0.25, 0.3) is 15.9 Å². The highest BCUT2D eigenvalue weighted by Gasteiger charge is 2.41. The first-order valence-corrected chi connectivity index (χ1v) is 10.1. The Morgan fingerprint density at radius 2 is 1.82 bits per heavy atom. The van der Waals surface area contributed by atoms with Gasteiger partial charge >= 0.3 is 0 Å². The van der Waals surface area contributed by atoms with Crippen molar-refractivity contribution in [2.75, 3.05) is 12.4 Å².